The third-order valence-corrected chi connectivity index (χ3v) is 1.44. The topological polar surface area (TPSA) is 38.9 Å². The summed E-state index contributed by atoms with van der Waals surface area (Å²) in [5, 5.41) is 0. The SMILES string of the molecule is Nc1ncccc1CS. The van der Waals surface area contributed by atoms with Crippen LogP contribution in [0.1, 0.15) is 5.56 Å². The van der Waals surface area contributed by atoms with E-state index < -0.39 is 0 Å². The van der Waals surface area contributed by atoms with Crippen LogP contribution in [0.5, 0.6) is 0 Å². The van der Waals surface area contributed by atoms with Crippen LogP contribution in [-0.4, -0.2) is 4.98 Å². The average Bonchev–Trinajstić information content (AvgIpc) is 1.89. The standard InChI is InChI=1S/C6H8N2S/c7-6-5(4-9)2-1-3-8-6/h1-3,9H,4H2,(H2,7,8). The lowest BCUT2D eigenvalue weighted by molar-refractivity contribution is 1.27. The second-order valence-corrected chi connectivity index (χ2v) is 2.02. The Labute approximate surface area is 59.5 Å². The van der Waals surface area contributed by atoms with Gasteiger partial charge in [0.15, 0.2) is 0 Å². The Balaban J connectivity index is 3.01. The number of thiol groups is 1. The predicted molar refractivity (Wildman–Crippen MR) is 41.3 cm³/mol. The van der Waals surface area contributed by atoms with Crippen LogP contribution in [0.4, 0.5) is 5.82 Å². The first-order chi connectivity index (χ1) is 4.34. The Kier molecular flexibility index (Phi) is 1.95. The molecule has 0 aliphatic rings. The van der Waals surface area contributed by atoms with E-state index >= 15 is 0 Å². The number of nitrogens with zero attached hydrogens (tertiary/aromatic N) is 1. The molecular weight excluding hydrogens is 132 g/mol. The summed E-state index contributed by atoms with van der Waals surface area (Å²) in [6, 6.07) is 3.76. The van der Waals surface area contributed by atoms with Crippen molar-refractivity contribution >= 4 is 18.4 Å². The summed E-state index contributed by atoms with van der Waals surface area (Å²) in [7, 11) is 0. The van der Waals surface area contributed by atoms with Gasteiger partial charge in [-0.3, -0.25) is 0 Å². The summed E-state index contributed by atoms with van der Waals surface area (Å²) < 4.78 is 0. The molecule has 1 aromatic rings. The molecular formula is C6H8N2S. The molecule has 0 fully saturated rings. The number of hydrogen-bond acceptors (Lipinski definition) is 3. The summed E-state index contributed by atoms with van der Waals surface area (Å²) >= 11 is 4.06. The van der Waals surface area contributed by atoms with Gasteiger partial charge < -0.3 is 5.73 Å². The summed E-state index contributed by atoms with van der Waals surface area (Å²) in [4.78, 5) is 3.88. The van der Waals surface area contributed by atoms with Gasteiger partial charge in [-0.15, -0.1) is 0 Å². The zero-order valence-corrected chi connectivity index (χ0v) is 5.81. The molecule has 1 heterocycles. The van der Waals surface area contributed by atoms with Crippen LogP contribution in [0.3, 0.4) is 0 Å². The van der Waals surface area contributed by atoms with Gasteiger partial charge in [-0.25, -0.2) is 4.98 Å². The summed E-state index contributed by atoms with van der Waals surface area (Å²) in [6.45, 7) is 0. The number of aromatic nitrogens is 1. The molecule has 2 N–H and O–H groups in total. The molecule has 0 amide bonds. The fourth-order valence-corrected chi connectivity index (χ4v) is 0.852. The van der Waals surface area contributed by atoms with E-state index in [0.717, 1.165) is 5.56 Å². The monoisotopic (exact) mass is 140 g/mol. The van der Waals surface area contributed by atoms with E-state index in [1.807, 2.05) is 12.1 Å². The summed E-state index contributed by atoms with van der Waals surface area (Å²) in [5.41, 5.74) is 6.46. The highest BCUT2D eigenvalue weighted by atomic mass is 32.1. The van der Waals surface area contributed by atoms with E-state index in [4.69, 9.17) is 5.73 Å². The molecule has 0 radical (unpaired) electrons. The van der Waals surface area contributed by atoms with Crippen LogP contribution < -0.4 is 5.73 Å². The fourth-order valence-electron chi connectivity index (χ4n) is 0.585. The van der Waals surface area contributed by atoms with Gasteiger partial charge in [0.25, 0.3) is 0 Å². The minimum atomic E-state index is 0.576. The highest BCUT2D eigenvalue weighted by Gasteiger charge is 1.92. The Morgan fingerprint density at radius 3 is 2.89 bits per heavy atom. The van der Waals surface area contributed by atoms with E-state index in [0.29, 0.717) is 11.6 Å². The van der Waals surface area contributed by atoms with Gasteiger partial charge in [0.2, 0.25) is 0 Å². The summed E-state index contributed by atoms with van der Waals surface area (Å²) in [6.07, 6.45) is 1.67. The normalized spacial score (nSPS) is 9.44. The number of hydrogen-bond donors (Lipinski definition) is 2. The molecule has 9 heavy (non-hydrogen) atoms. The molecule has 0 aliphatic carbocycles. The van der Waals surface area contributed by atoms with E-state index in [-0.39, 0.29) is 0 Å². The van der Waals surface area contributed by atoms with Crippen molar-refractivity contribution in [3.63, 3.8) is 0 Å². The zero-order valence-electron chi connectivity index (χ0n) is 4.91. The van der Waals surface area contributed by atoms with Gasteiger partial charge in [-0.2, -0.15) is 12.6 Å². The molecule has 2 nitrogen and oxygen atoms in total. The molecule has 3 heteroatoms. The van der Waals surface area contributed by atoms with Crippen molar-refractivity contribution in [2.75, 3.05) is 5.73 Å². The first-order valence-electron chi connectivity index (χ1n) is 2.65. The highest BCUT2D eigenvalue weighted by Crippen LogP contribution is 2.08. The van der Waals surface area contributed by atoms with Crippen molar-refractivity contribution < 1.29 is 0 Å². The Morgan fingerprint density at radius 2 is 2.44 bits per heavy atom. The molecule has 0 spiro atoms. The van der Waals surface area contributed by atoms with Crippen molar-refractivity contribution in [1.82, 2.24) is 4.98 Å². The maximum atomic E-state index is 5.47. The Hall–Kier alpha value is -0.700. The van der Waals surface area contributed by atoms with Crippen LogP contribution in [0, 0.1) is 0 Å². The third kappa shape index (κ3) is 1.36. The van der Waals surface area contributed by atoms with Gasteiger partial charge in [-0.1, -0.05) is 6.07 Å². The quantitative estimate of drug-likeness (QED) is 0.573. The maximum absolute atomic E-state index is 5.47. The lowest BCUT2D eigenvalue weighted by Gasteiger charge is -1.96. The molecule has 1 aromatic heterocycles. The van der Waals surface area contributed by atoms with Crippen LogP contribution in [-0.2, 0) is 5.75 Å². The average molecular weight is 140 g/mol. The van der Waals surface area contributed by atoms with Crippen LogP contribution >= 0.6 is 12.6 Å². The second kappa shape index (κ2) is 2.73. The van der Waals surface area contributed by atoms with Gasteiger partial charge >= 0.3 is 0 Å². The van der Waals surface area contributed by atoms with E-state index in [9.17, 15) is 0 Å². The lowest BCUT2D eigenvalue weighted by atomic mass is 10.3. The van der Waals surface area contributed by atoms with Crippen molar-refractivity contribution in [1.29, 1.82) is 0 Å². The number of nitrogen functional groups attached to an aromatic ring is 1. The van der Waals surface area contributed by atoms with Crippen LogP contribution in [0.15, 0.2) is 18.3 Å². The first-order valence-corrected chi connectivity index (χ1v) is 3.28. The Morgan fingerprint density at radius 1 is 1.67 bits per heavy atom. The van der Waals surface area contributed by atoms with Crippen molar-refractivity contribution in [2.24, 2.45) is 0 Å². The van der Waals surface area contributed by atoms with Crippen LogP contribution in [0.25, 0.3) is 0 Å². The third-order valence-electron chi connectivity index (χ3n) is 1.10. The molecule has 0 bridgehead atoms. The smallest absolute Gasteiger partial charge is 0.127 e. The fraction of sp³-hybridized carbons (Fsp3) is 0.167. The molecule has 0 saturated heterocycles. The predicted octanol–water partition coefficient (Wildman–Crippen LogP) is 1.09. The Bertz CT molecular complexity index is 200. The number of anilines is 1. The van der Waals surface area contributed by atoms with Gasteiger partial charge in [-0.05, 0) is 6.07 Å². The van der Waals surface area contributed by atoms with Gasteiger partial charge in [0.1, 0.15) is 5.82 Å². The number of nitrogens with two attached hydrogens (primary N) is 1. The molecule has 0 aliphatic heterocycles. The van der Waals surface area contributed by atoms with Gasteiger partial charge in [0, 0.05) is 17.5 Å². The number of rotatable bonds is 1. The number of pyridine rings is 1. The van der Waals surface area contributed by atoms with Crippen molar-refractivity contribution in [2.45, 2.75) is 5.75 Å². The minimum Gasteiger partial charge on any atom is -0.383 e. The maximum Gasteiger partial charge on any atom is 0.127 e. The molecule has 1 rings (SSSR count). The van der Waals surface area contributed by atoms with Crippen molar-refractivity contribution in [3.05, 3.63) is 23.9 Å². The van der Waals surface area contributed by atoms with Gasteiger partial charge in [0.05, 0.1) is 0 Å². The minimum absolute atomic E-state index is 0.576. The van der Waals surface area contributed by atoms with E-state index in [1.165, 1.54) is 0 Å². The molecule has 48 valence electrons. The highest BCUT2D eigenvalue weighted by molar-refractivity contribution is 7.79. The lowest BCUT2D eigenvalue weighted by Crippen LogP contribution is -1.93. The van der Waals surface area contributed by atoms with Crippen molar-refractivity contribution in [3.8, 4) is 0 Å². The van der Waals surface area contributed by atoms with E-state index in [2.05, 4.69) is 17.6 Å². The molecule has 0 unspecified atom stereocenters. The molecule has 0 atom stereocenters. The largest absolute Gasteiger partial charge is 0.383 e. The summed E-state index contributed by atoms with van der Waals surface area (Å²) in [5.74, 6) is 1.23. The second-order valence-electron chi connectivity index (χ2n) is 1.71. The molecule has 0 saturated carbocycles. The molecule has 0 aromatic carbocycles. The van der Waals surface area contributed by atoms with Crippen LogP contribution in [0.2, 0.25) is 0 Å². The van der Waals surface area contributed by atoms with E-state index in [1.54, 1.807) is 6.20 Å². The first kappa shape index (κ1) is 6.42. The zero-order chi connectivity index (χ0) is 6.69.